The van der Waals surface area contributed by atoms with Crippen LogP contribution in [-0.4, -0.2) is 23.8 Å². The van der Waals surface area contributed by atoms with Gasteiger partial charge >= 0.3 is 0 Å². The number of ether oxygens (including phenoxy) is 1. The zero-order valence-electron chi connectivity index (χ0n) is 17.7. The van der Waals surface area contributed by atoms with E-state index in [4.69, 9.17) is 16.3 Å². The van der Waals surface area contributed by atoms with Crippen molar-refractivity contribution in [2.45, 2.75) is 6.92 Å². The molecule has 3 aromatic carbocycles. The van der Waals surface area contributed by atoms with Gasteiger partial charge in [0, 0.05) is 17.2 Å². The minimum Gasteiger partial charge on any atom is -0.495 e. The van der Waals surface area contributed by atoms with Gasteiger partial charge in [0.1, 0.15) is 11.4 Å². The first-order valence-corrected chi connectivity index (χ1v) is 10.2. The average Bonchev–Trinajstić information content (AvgIpc) is 3.04. The summed E-state index contributed by atoms with van der Waals surface area (Å²) in [5.41, 5.74) is 2.10. The van der Waals surface area contributed by atoms with Crippen LogP contribution >= 0.6 is 11.6 Å². The summed E-state index contributed by atoms with van der Waals surface area (Å²) in [6.07, 6.45) is 0. The molecule has 3 aromatic rings. The topological polar surface area (TPSA) is 102 Å². The van der Waals surface area contributed by atoms with Gasteiger partial charge in [-0.15, -0.1) is 0 Å². The Kier molecular flexibility index (Phi) is 5.85. The quantitative estimate of drug-likeness (QED) is 0.315. The van der Waals surface area contributed by atoms with E-state index in [9.17, 15) is 19.7 Å². The fraction of sp³-hybridized carbons (Fsp3) is 0.0833. The summed E-state index contributed by atoms with van der Waals surface area (Å²) < 4.78 is 5.35. The maximum absolute atomic E-state index is 13.5. The SMILES string of the molecule is COc1ccc(Cl)cc1NC1=C(c2ccc([N+](=O)[O-])cc2)C(=O)N(c2ccc(C)cc2)C1=O. The van der Waals surface area contributed by atoms with Crippen LogP contribution < -0.4 is 15.0 Å². The van der Waals surface area contributed by atoms with Crippen molar-refractivity contribution in [2.75, 3.05) is 17.3 Å². The fourth-order valence-corrected chi connectivity index (χ4v) is 3.68. The van der Waals surface area contributed by atoms with E-state index in [-0.39, 0.29) is 17.0 Å². The molecule has 1 aliphatic heterocycles. The third-order valence-corrected chi connectivity index (χ3v) is 5.40. The predicted octanol–water partition coefficient (Wildman–Crippen LogP) is 4.96. The molecule has 0 aliphatic carbocycles. The molecule has 33 heavy (non-hydrogen) atoms. The van der Waals surface area contributed by atoms with E-state index in [1.54, 1.807) is 42.5 Å². The van der Waals surface area contributed by atoms with Crippen LogP contribution in [0.2, 0.25) is 5.02 Å². The number of carbonyl (C=O) groups is 2. The highest BCUT2D eigenvalue weighted by molar-refractivity contribution is 6.46. The fourth-order valence-electron chi connectivity index (χ4n) is 3.50. The second-order valence-corrected chi connectivity index (χ2v) is 7.74. The first-order valence-electron chi connectivity index (χ1n) is 9.85. The lowest BCUT2D eigenvalue weighted by Gasteiger charge is -2.16. The number of carbonyl (C=O) groups excluding carboxylic acids is 2. The van der Waals surface area contributed by atoms with Crippen molar-refractivity contribution < 1.29 is 19.2 Å². The molecule has 0 saturated carbocycles. The zero-order valence-corrected chi connectivity index (χ0v) is 18.4. The van der Waals surface area contributed by atoms with Crippen molar-refractivity contribution in [3.05, 3.63) is 98.7 Å². The summed E-state index contributed by atoms with van der Waals surface area (Å²) in [4.78, 5) is 38.5. The summed E-state index contributed by atoms with van der Waals surface area (Å²) >= 11 is 6.13. The number of hydrogen-bond acceptors (Lipinski definition) is 6. The van der Waals surface area contributed by atoms with Gasteiger partial charge in [-0.3, -0.25) is 19.7 Å². The molecule has 0 spiro atoms. The van der Waals surface area contributed by atoms with Crippen LogP contribution in [0, 0.1) is 17.0 Å². The molecule has 0 radical (unpaired) electrons. The van der Waals surface area contributed by atoms with Crippen molar-refractivity contribution in [3.63, 3.8) is 0 Å². The maximum atomic E-state index is 13.5. The lowest BCUT2D eigenvalue weighted by Crippen LogP contribution is -2.32. The number of methoxy groups -OCH3 is 1. The Labute approximate surface area is 194 Å². The maximum Gasteiger partial charge on any atom is 0.282 e. The Hall–Kier alpha value is -4.17. The smallest absolute Gasteiger partial charge is 0.282 e. The first kappa shape index (κ1) is 22.0. The molecule has 4 rings (SSSR count). The van der Waals surface area contributed by atoms with Gasteiger partial charge in [-0.2, -0.15) is 0 Å². The second kappa shape index (κ2) is 8.76. The van der Waals surface area contributed by atoms with Crippen LogP contribution in [-0.2, 0) is 9.59 Å². The number of benzene rings is 3. The van der Waals surface area contributed by atoms with E-state index in [2.05, 4.69) is 5.32 Å². The van der Waals surface area contributed by atoms with Crippen molar-refractivity contribution in [3.8, 4) is 5.75 Å². The van der Waals surface area contributed by atoms with Crippen LogP contribution in [0.3, 0.4) is 0 Å². The third-order valence-electron chi connectivity index (χ3n) is 5.16. The van der Waals surface area contributed by atoms with Crippen LogP contribution in [0.1, 0.15) is 11.1 Å². The Morgan fingerprint density at radius 3 is 2.24 bits per heavy atom. The summed E-state index contributed by atoms with van der Waals surface area (Å²) in [5, 5.41) is 14.5. The van der Waals surface area contributed by atoms with Gasteiger partial charge in [-0.05, 0) is 55.0 Å². The number of nitrogens with one attached hydrogen (secondary N) is 1. The highest BCUT2D eigenvalue weighted by Gasteiger charge is 2.40. The monoisotopic (exact) mass is 463 g/mol. The average molecular weight is 464 g/mol. The summed E-state index contributed by atoms with van der Waals surface area (Å²) in [6.45, 7) is 1.90. The van der Waals surface area contributed by atoms with Gasteiger partial charge < -0.3 is 10.1 Å². The highest BCUT2D eigenvalue weighted by atomic mass is 35.5. The van der Waals surface area contributed by atoms with E-state index in [0.717, 1.165) is 10.5 Å². The van der Waals surface area contributed by atoms with Crippen LogP contribution in [0.5, 0.6) is 5.75 Å². The Bertz CT molecular complexity index is 1300. The molecule has 0 unspecified atom stereocenters. The van der Waals surface area contributed by atoms with Gasteiger partial charge in [0.15, 0.2) is 0 Å². The molecule has 8 nitrogen and oxygen atoms in total. The number of imide groups is 1. The number of aryl methyl sites for hydroxylation is 1. The largest absolute Gasteiger partial charge is 0.495 e. The summed E-state index contributed by atoms with van der Waals surface area (Å²) in [7, 11) is 1.47. The van der Waals surface area contributed by atoms with Crippen molar-refractivity contribution in [2.24, 2.45) is 0 Å². The van der Waals surface area contributed by atoms with Gasteiger partial charge in [0.2, 0.25) is 0 Å². The minimum atomic E-state index is -0.570. The van der Waals surface area contributed by atoms with Crippen LogP contribution in [0.15, 0.2) is 72.4 Å². The third kappa shape index (κ3) is 4.16. The first-order chi connectivity index (χ1) is 15.8. The number of nitro benzene ring substituents is 1. The molecule has 0 saturated heterocycles. The van der Waals surface area contributed by atoms with E-state index >= 15 is 0 Å². The number of halogens is 1. The van der Waals surface area contributed by atoms with Gasteiger partial charge in [0.05, 0.1) is 29.0 Å². The normalized spacial score (nSPS) is 13.5. The Morgan fingerprint density at radius 2 is 1.64 bits per heavy atom. The number of anilines is 2. The van der Waals surface area contributed by atoms with Crippen molar-refractivity contribution >= 4 is 46.1 Å². The van der Waals surface area contributed by atoms with E-state index in [1.165, 1.54) is 31.4 Å². The summed E-state index contributed by atoms with van der Waals surface area (Å²) in [5.74, 6) is -0.704. The molecule has 1 heterocycles. The molecule has 1 aliphatic rings. The number of non-ortho nitro benzene ring substituents is 1. The van der Waals surface area contributed by atoms with E-state index < -0.39 is 16.7 Å². The molecule has 0 aromatic heterocycles. The van der Waals surface area contributed by atoms with Crippen LogP contribution in [0.25, 0.3) is 5.57 Å². The van der Waals surface area contributed by atoms with E-state index in [1.807, 2.05) is 6.92 Å². The molecule has 9 heteroatoms. The number of nitro groups is 1. The Morgan fingerprint density at radius 1 is 0.970 bits per heavy atom. The number of rotatable bonds is 6. The van der Waals surface area contributed by atoms with Gasteiger partial charge in [0.25, 0.3) is 17.5 Å². The standard InChI is InChI=1S/C24H18ClN3O5/c1-14-3-8-17(9-4-14)27-23(29)21(15-5-10-18(11-6-15)28(31)32)22(24(27)30)26-19-13-16(25)7-12-20(19)33-2/h3-13,26H,1-2H3. The number of amides is 2. The number of nitrogens with zero attached hydrogens (tertiary/aromatic N) is 2. The zero-order chi connectivity index (χ0) is 23.7. The van der Waals surface area contributed by atoms with Crippen molar-refractivity contribution in [1.29, 1.82) is 0 Å². The molecular weight excluding hydrogens is 446 g/mol. The molecule has 2 amide bonds. The predicted molar refractivity (Wildman–Crippen MR) is 125 cm³/mol. The molecule has 1 N–H and O–H groups in total. The minimum absolute atomic E-state index is 0.00925. The highest BCUT2D eigenvalue weighted by Crippen LogP contribution is 2.37. The molecule has 166 valence electrons. The number of hydrogen-bond donors (Lipinski definition) is 1. The summed E-state index contributed by atoms with van der Waals surface area (Å²) in [6, 6.07) is 17.3. The lowest BCUT2D eigenvalue weighted by atomic mass is 10.0. The van der Waals surface area contributed by atoms with Crippen molar-refractivity contribution in [1.82, 2.24) is 0 Å². The molecule has 0 bridgehead atoms. The Balaban J connectivity index is 1.85. The second-order valence-electron chi connectivity index (χ2n) is 7.30. The lowest BCUT2D eigenvalue weighted by molar-refractivity contribution is -0.384. The van der Waals surface area contributed by atoms with E-state index in [0.29, 0.717) is 27.7 Å². The van der Waals surface area contributed by atoms with Crippen LogP contribution in [0.4, 0.5) is 17.1 Å². The molecule has 0 atom stereocenters. The molecular formula is C24H18ClN3O5. The van der Waals surface area contributed by atoms with Gasteiger partial charge in [-0.25, -0.2) is 4.90 Å². The van der Waals surface area contributed by atoms with Gasteiger partial charge in [-0.1, -0.05) is 29.3 Å². The molecule has 0 fully saturated rings.